The number of hydrogen-bond acceptors (Lipinski definition) is 3. The average Bonchev–Trinajstić information content (AvgIpc) is 2.06. The van der Waals surface area contributed by atoms with Crippen LogP contribution < -0.4 is 4.74 Å². The Balaban J connectivity index is 2.74. The summed E-state index contributed by atoms with van der Waals surface area (Å²) in [4.78, 5) is 4.04. The van der Waals surface area contributed by atoms with Crippen molar-refractivity contribution < 1.29 is 9.84 Å². The highest BCUT2D eigenvalue weighted by Crippen LogP contribution is 2.09. The lowest BCUT2D eigenvalue weighted by Gasteiger charge is -2.00. The third-order valence-corrected chi connectivity index (χ3v) is 1.39. The van der Waals surface area contributed by atoms with Crippen molar-refractivity contribution >= 4 is 0 Å². The minimum absolute atomic E-state index is 0.125. The Labute approximate surface area is 65.7 Å². The lowest BCUT2D eigenvalue weighted by Crippen LogP contribution is -1.94. The molecule has 0 unspecified atom stereocenters. The fraction of sp³-hybridized carbons (Fsp3) is 0.375. The van der Waals surface area contributed by atoms with Crippen LogP contribution in [0.25, 0.3) is 0 Å². The number of aliphatic hydroxyl groups is 1. The number of ether oxygens (including phenoxy) is 1. The van der Waals surface area contributed by atoms with Gasteiger partial charge in [-0.3, -0.25) is 4.98 Å². The molecule has 11 heavy (non-hydrogen) atoms. The van der Waals surface area contributed by atoms with E-state index in [0.29, 0.717) is 6.42 Å². The van der Waals surface area contributed by atoms with E-state index in [1.807, 2.05) is 6.07 Å². The molecule has 1 N–H and O–H groups in total. The summed E-state index contributed by atoms with van der Waals surface area (Å²) in [6.45, 7) is 0.125. The van der Waals surface area contributed by atoms with Crippen LogP contribution in [0.5, 0.6) is 5.75 Å². The van der Waals surface area contributed by atoms with Crippen molar-refractivity contribution in [2.45, 2.75) is 6.42 Å². The van der Waals surface area contributed by atoms with E-state index in [9.17, 15) is 0 Å². The number of aliphatic hydroxyl groups excluding tert-OH is 1. The van der Waals surface area contributed by atoms with Crippen molar-refractivity contribution in [2.24, 2.45) is 0 Å². The van der Waals surface area contributed by atoms with Gasteiger partial charge in [0, 0.05) is 31.0 Å². The van der Waals surface area contributed by atoms with E-state index >= 15 is 0 Å². The molecule has 60 valence electrons. The van der Waals surface area contributed by atoms with Gasteiger partial charge in [0.2, 0.25) is 0 Å². The van der Waals surface area contributed by atoms with E-state index in [1.54, 1.807) is 19.4 Å². The highest BCUT2D eigenvalue weighted by molar-refractivity contribution is 5.22. The smallest absolute Gasteiger partial charge is 0.122 e. The maximum atomic E-state index is 8.60. The van der Waals surface area contributed by atoms with E-state index in [2.05, 4.69) is 4.98 Å². The Kier molecular flexibility index (Phi) is 2.86. The normalized spacial score (nSPS) is 9.64. The average molecular weight is 153 g/mol. The molecule has 0 saturated heterocycles. The van der Waals surface area contributed by atoms with Gasteiger partial charge in [0.15, 0.2) is 0 Å². The van der Waals surface area contributed by atoms with Crippen LogP contribution in [0.1, 0.15) is 5.69 Å². The quantitative estimate of drug-likeness (QED) is 0.692. The fourth-order valence-corrected chi connectivity index (χ4v) is 0.834. The first-order valence-corrected chi connectivity index (χ1v) is 3.46. The van der Waals surface area contributed by atoms with Crippen molar-refractivity contribution in [3.63, 3.8) is 0 Å². The van der Waals surface area contributed by atoms with Crippen molar-refractivity contribution in [3.05, 3.63) is 24.0 Å². The summed E-state index contributed by atoms with van der Waals surface area (Å²) >= 11 is 0. The van der Waals surface area contributed by atoms with Gasteiger partial charge in [-0.15, -0.1) is 0 Å². The summed E-state index contributed by atoms with van der Waals surface area (Å²) in [5.74, 6) is 0.781. The van der Waals surface area contributed by atoms with Gasteiger partial charge in [-0.1, -0.05) is 0 Å². The maximum Gasteiger partial charge on any atom is 0.122 e. The highest BCUT2D eigenvalue weighted by atomic mass is 16.5. The molecule has 3 nitrogen and oxygen atoms in total. The van der Waals surface area contributed by atoms with Gasteiger partial charge in [0.1, 0.15) is 5.75 Å². The van der Waals surface area contributed by atoms with Crippen LogP contribution in [0.15, 0.2) is 18.3 Å². The van der Waals surface area contributed by atoms with Crippen molar-refractivity contribution in [2.75, 3.05) is 13.7 Å². The SMILES string of the molecule is COc1ccnc(CCO)c1. The Hall–Kier alpha value is -1.09. The molecule has 1 rings (SSSR count). The summed E-state index contributed by atoms with van der Waals surface area (Å²) < 4.78 is 4.98. The van der Waals surface area contributed by atoms with Gasteiger partial charge in [0.25, 0.3) is 0 Å². The number of pyridine rings is 1. The molecule has 0 saturated carbocycles. The topological polar surface area (TPSA) is 42.4 Å². The Morgan fingerprint density at radius 3 is 3.09 bits per heavy atom. The highest BCUT2D eigenvalue weighted by Gasteiger charge is 1.94. The van der Waals surface area contributed by atoms with Gasteiger partial charge in [-0.05, 0) is 6.07 Å². The predicted octanol–water partition coefficient (Wildman–Crippen LogP) is 0.625. The molecule has 0 bridgehead atoms. The van der Waals surface area contributed by atoms with Gasteiger partial charge < -0.3 is 9.84 Å². The predicted molar refractivity (Wildman–Crippen MR) is 41.6 cm³/mol. The van der Waals surface area contributed by atoms with Crippen molar-refractivity contribution in [3.8, 4) is 5.75 Å². The van der Waals surface area contributed by atoms with Gasteiger partial charge in [0.05, 0.1) is 7.11 Å². The first-order chi connectivity index (χ1) is 5.36. The van der Waals surface area contributed by atoms with E-state index in [4.69, 9.17) is 9.84 Å². The van der Waals surface area contributed by atoms with Crippen LogP contribution in [0, 0.1) is 0 Å². The molecule has 0 aromatic carbocycles. The largest absolute Gasteiger partial charge is 0.497 e. The Bertz CT molecular complexity index is 225. The summed E-state index contributed by atoms with van der Waals surface area (Å²) in [6, 6.07) is 3.59. The first-order valence-electron chi connectivity index (χ1n) is 3.46. The molecule has 1 aromatic rings. The molecular weight excluding hydrogens is 142 g/mol. The zero-order valence-corrected chi connectivity index (χ0v) is 6.45. The van der Waals surface area contributed by atoms with Crippen LogP contribution in [0.4, 0.5) is 0 Å². The monoisotopic (exact) mass is 153 g/mol. The van der Waals surface area contributed by atoms with Crippen LogP contribution in [-0.2, 0) is 6.42 Å². The van der Waals surface area contributed by atoms with Crippen LogP contribution >= 0.6 is 0 Å². The molecule has 0 radical (unpaired) electrons. The molecule has 0 amide bonds. The van der Waals surface area contributed by atoms with Crippen LogP contribution in [0.2, 0.25) is 0 Å². The molecule has 0 atom stereocenters. The number of methoxy groups -OCH3 is 1. The molecular formula is C8H11NO2. The summed E-state index contributed by atoms with van der Waals surface area (Å²) in [5, 5.41) is 8.60. The van der Waals surface area contributed by atoms with E-state index in [0.717, 1.165) is 11.4 Å². The molecule has 0 spiro atoms. The lowest BCUT2D eigenvalue weighted by atomic mass is 10.3. The fourth-order valence-electron chi connectivity index (χ4n) is 0.834. The second-order valence-electron chi connectivity index (χ2n) is 2.16. The number of aromatic nitrogens is 1. The summed E-state index contributed by atoms with van der Waals surface area (Å²) in [5.41, 5.74) is 0.854. The lowest BCUT2D eigenvalue weighted by molar-refractivity contribution is 0.298. The third-order valence-electron chi connectivity index (χ3n) is 1.39. The molecule has 3 heteroatoms. The van der Waals surface area contributed by atoms with Crippen molar-refractivity contribution in [1.29, 1.82) is 0 Å². The van der Waals surface area contributed by atoms with Gasteiger partial charge in [-0.25, -0.2) is 0 Å². The third kappa shape index (κ3) is 2.20. The second-order valence-corrected chi connectivity index (χ2v) is 2.16. The summed E-state index contributed by atoms with van der Waals surface area (Å²) in [6.07, 6.45) is 2.25. The maximum absolute atomic E-state index is 8.60. The van der Waals surface area contributed by atoms with E-state index < -0.39 is 0 Å². The minimum Gasteiger partial charge on any atom is -0.497 e. The van der Waals surface area contributed by atoms with Crippen LogP contribution in [-0.4, -0.2) is 23.8 Å². The molecule has 0 aliphatic rings. The molecule has 0 fully saturated rings. The van der Waals surface area contributed by atoms with E-state index in [-0.39, 0.29) is 6.61 Å². The first kappa shape index (κ1) is 8.01. The standard InChI is InChI=1S/C8H11NO2/c1-11-8-2-4-9-7(6-8)3-5-10/h2,4,6,10H,3,5H2,1H3. The number of nitrogens with zero attached hydrogens (tertiary/aromatic N) is 1. The minimum atomic E-state index is 0.125. The molecule has 1 heterocycles. The van der Waals surface area contributed by atoms with Gasteiger partial charge in [-0.2, -0.15) is 0 Å². The molecule has 0 aliphatic carbocycles. The zero-order valence-electron chi connectivity index (χ0n) is 6.45. The number of hydrogen-bond donors (Lipinski definition) is 1. The Morgan fingerprint density at radius 1 is 1.64 bits per heavy atom. The van der Waals surface area contributed by atoms with Gasteiger partial charge >= 0.3 is 0 Å². The van der Waals surface area contributed by atoms with E-state index in [1.165, 1.54) is 0 Å². The molecule has 0 aliphatic heterocycles. The molecule has 1 aromatic heterocycles. The number of rotatable bonds is 3. The zero-order chi connectivity index (χ0) is 8.10. The second kappa shape index (κ2) is 3.93. The van der Waals surface area contributed by atoms with Crippen molar-refractivity contribution in [1.82, 2.24) is 4.98 Å². The Morgan fingerprint density at radius 2 is 2.45 bits per heavy atom. The summed E-state index contributed by atoms with van der Waals surface area (Å²) in [7, 11) is 1.61. The van der Waals surface area contributed by atoms with Crippen LogP contribution in [0.3, 0.4) is 0 Å².